The van der Waals surface area contributed by atoms with Gasteiger partial charge in [-0.25, -0.2) is 0 Å². The molecular formula is C16H26N2. The van der Waals surface area contributed by atoms with Crippen LogP contribution < -0.4 is 5.73 Å². The van der Waals surface area contributed by atoms with Crippen molar-refractivity contribution in [2.75, 3.05) is 26.2 Å². The summed E-state index contributed by atoms with van der Waals surface area (Å²) in [5, 5.41) is 0. The summed E-state index contributed by atoms with van der Waals surface area (Å²) >= 11 is 0. The largest absolute Gasteiger partial charge is 0.330 e. The Balaban J connectivity index is 2.06. The molecule has 1 atom stereocenters. The number of hydrogen-bond acceptors (Lipinski definition) is 2. The summed E-state index contributed by atoms with van der Waals surface area (Å²) < 4.78 is 0. The molecule has 1 saturated carbocycles. The highest BCUT2D eigenvalue weighted by Gasteiger charge is 2.30. The predicted molar refractivity (Wildman–Crippen MR) is 77.7 cm³/mol. The fourth-order valence-corrected chi connectivity index (χ4v) is 2.58. The van der Waals surface area contributed by atoms with Gasteiger partial charge in [0.25, 0.3) is 0 Å². The average Bonchev–Trinajstić information content (AvgIpc) is 3.23. The molecule has 0 amide bonds. The maximum absolute atomic E-state index is 6.06. The fourth-order valence-electron chi connectivity index (χ4n) is 2.58. The van der Waals surface area contributed by atoms with Gasteiger partial charge in [0.2, 0.25) is 0 Å². The summed E-state index contributed by atoms with van der Waals surface area (Å²) in [7, 11) is 0. The summed E-state index contributed by atoms with van der Waals surface area (Å²) in [4.78, 5) is 2.57. The Morgan fingerprint density at radius 1 is 1.28 bits per heavy atom. The highest BCUT2D eigenvalue weighted by molar-refractivity contribution is 5.25. The highest BCUT2D eigenvalue weighted by Crippen LogP contribution is 2.31. The molecule has 0 aromatic heterocycles. The van der Waals surface area contributed by atoms with E-state index in [0.717, 1.165) is 19.0 Å². The van der Waals surface area contributed by atoms with Crippen molar-refractivity contribution < 1.29 is 0 Å². The molecule has 0 bridgehead atoms. The molecule has 1 aliphatic carbocycles. The van der Waals surface area contributed by atoms with E-state index in [4.69, 9.17) is 5.73 Å². The van der Waals surface area contributed by atoms with Crippen molar-refractivity contribution in [2.24, 2.45) is 11.7 Å². The van der Waals surface area contributed by atoms with Crippen molar-refractivity contribution in [3.8, 4) is 0 Å². The zero-order chi connectivity index (χ0) is 13.0. The van der Waals surface area contributed by atoms with Crippen LogP contribution in [0.5, 0.6) is 0 Å². The van der Waals surface area contributed by atoms with E-state index in [9.17, 15) is 0 Å². The maximum atomic E-state index is 6.06. The number of nitrogens with two attached hydrogens (primary N) is 1. The van der Waals surface area contributed by atoms with Crippen LogP contribution in [0.15, 0.2) is 30.3 Å². The van der Waals surface area contributed by atoms with Gasteiger partial charge in [0.1, 0.15) is 0 Å². The lowest BCUT2D eigenvalue weighted by atomic mass is 9.82. The predicted octanol–water partition coefficient (Wildman–Crippen LogP) is 2.63. The molecule has 0 radical (unpaired) electrons. The molecule has 0 aliphatic heterocycles. The molecule has 0 heterocycles. The Labute approximate surface area is 111 Å². The zero-order valence-electron chi connectivity index (χ0n) is 11.7. The third-order valence-electron chi connectivity index (χ3n) is 4.15. The van der Waals surface area contributed by atoms with E-state index in [0.29, 0.717) is 6.54 Å². The van der Waals surface area contributed by atoms with Crippen molar-refractivity contribution in [1.29, 1.82) is 0 Å². The Morgan fingerprint density at radius 2 is 1.94 bits per heavy atom. The van der Waals surface area contributed by atoms with Crippen molar-refractivity contribution in [3.63, 3.8) is 0 Å². The number of nitrogens with zero attached hydrogens (tertiary/aromatic N) is 1. The second kappa shape index (κ2) is 5.85. The molecule has 2 heteroatoms. The molecule has 1 aliphatic rings. The van der Waals surface area contributed by atoms with Crippen molar-refractivity contribution in [2.45, 2.75) is 32.1 Å². The molecule has 2 N–H and O–H groups in total. The lowest BCUT2D eigenvalue weighted by Crippen LogP contribution is -2.44. The second-order valence-electron chi connectivity index (χ2n) is 5.90. The van der Waals surface area contributed by atoms with E-state index in [1.807, 2.05) is 0 Å². The van der Waals surface area contributed by atoms with Gasteiger partial charge in [0.05, 0.1) is 0 Å². The Kier molecular flexibility index (Phi) is 4.41. The van der Waals surface area contributed by atoms with Gasteiger partial charge in [-0.2, -0.15) is 0 Å². The molecule has 0 spiro atoms. The van der Waals surface area contributed by atoms with Crippen LogP contribution in [0.1, 0.15) is 32.3 Å². The summed E-state index contributed by atoms with van der Waals surface area (Å²) in [6, 6.07) is 10.7. The van der Waals surface area contributed by atoms with Crippen LogP contribution in [0.2, 0.25) is 0 Å². The molecule has 2 nitrogen and oxygen atoms in total. The van der Waals surface area contributed by atoms with E-state index in [-0.39, 0.29) is 5.41 Å². The van der Waals surface area contributed by atoms with Gasteiger partial charge < -0.3 is 10.6 Å². The zero-order valence-corrected chi connectivity index (χ0v) is 11.7. The minimum atomic E-state index is 0.0756. The third kappa shape index (κ3) is 3.33. The van der Waals surface area contributed by atoms with E-state index < -0.39 is 0 Å². The van der Waals surface area contributed by atoms with E-state index in [2.05, 4.69) is 49.1 Å². The molecule has 1 unspecified atom stereocenters. The van der Waals surface area contributed by atoms with Gasteiger partial charge in [-0.15, -0.1) is 0 Å². The molecular weight excluding hydrogens is 220 g/mol. The number of hydrogen-bond donors (Lipinski definition) is 1. The van der Waals surface area contributed by atoms with Crippen LogP contribution in [0.3, 0.4) is 0 Å². The average molecular weight is 246 g/mol. The Morgan fingerprint density at radius 3 is 2.44 bits per heavy atom. The van der Waals surface area contributed by atoms with E-state index >= 15 is 0 Å². The van der Waals surface area contributed by atoms with Gasteiger partial charge >= 0.3 is 0 Å². The smallest absolute Gasteiger partial charge is 0.0174 e. The minimum absolute atomic E-state index is 0.0756. The second-order valence-corrected chi connectivity index (χ2v) is 5.90. The van der Waals surface area contributed by atoms with Gasteiger partial charge in [0.15, 0.2) is 0 Å². The number of rotatable bonds is 7. The first-order chi connectivity index (χ1) is 8.68. The molecule has 100 valence electrons. The first-order valence-electron chi connectivity index (χ1n) is 7.16. The first kappa shape index (κ1) is 13.6. The lowest BCUT2D eigenvalue weighted by molar-refractivity contribution is 0.219. The van der Waals surface area contributed by atoms with Crippen LogP contribution in [0.4, 0.5) is 0 Å². The number of benzene rings is 1. The van der Waals surface area contributed by atoms with Crippen LogP contribution in [0.25, 0.3) is 0 Å². The molecule has 2 rings (SSSR count). The number of likely N-dealkylation sites (N-methyl/N-ethyl adjacent to an activating group) is 1. The van der Waals surface area contributed by atoms with Crippen LogP contribution in [0, 0.1) is 5.92 Å². The monoisotopic (exact) mass is 246 g/mol. The van der Waals surface area contributed by atoms with Crippen molar-refractivity contribution in [1.82, 2.24) is 4.90 Å². The maximum Gasteiger partial charge on any atom is 0.0174 e. The third-order valence-corrected chi connectivity index (χ3v) is 4.15. The minimum Gasteiger partial charge on any atom is -0.330 e. The first-order valence-corrected chi connectivity index (χ1v) is 7.16. The molecule has 1 aromatic rings. The highest BCUT2D eigenvalue weighted by atomic mass is 15.1. The van der Waals surface area contributed by atoms with Crippen LogP contribution in [-0.4, -0.2) is 31.1 Å². The fraction of sp³-hybridized carbons (Fsp3) is 0.625. The van der Waals surface area contributed by atoms with E-state index in [1.54, 1.807) is 0 Å². The van der Waals surface area contributed by atoms with Gasteiger partial charge in [-0.3, -0.25) is 0 Å². The van der Waals surface area contributed by atoms with E-state index in [1.165, 1.54) is 24.9 Å². The Hall–Kier alpha value is -0.860. The Bertz CT molecular complexity index is 359. The normalized spacial score (nSPS) is 18.9. The SMILES string of the molecule is CCN(CC1CC1)CC(C)(CN)c1ccccc1. The standard InChI is InChI=1S/C16H26N2/c1-3-18(11-14-9-10-14)13-16(2,12-17)15-7-5-4-6-8-15/h4-8,14H,3,9-13,17H2,1-2H3. The summed E-state index contributed by atoms with van der Waals surface area (Å²) in [5.74, 6) is 0.947. The molecule has 0 saturated heterocycles. The van der Waals surface area contributed by atoms with Crippen molar-refractivity contribution >= 4 is 0 Å². The van der Waals surface area contributed by atoms with Gasteiger partial charge in [-0.05, 0) is 30.9 Å². The topological polar surface area (TPSA) is 29.3 Å². The van der Waals surface area contributed by atoms with Gasteiger partial charge in [0, 0.05) is 25.0 Å². The molecule has 1 fully saturated rings. The summed E-state index contributed by atoms with van der Waals surface area (Å²) in [6.45, 7) is 8.69. The van der Waals surface area contributed by atoms with Crippen LogP contribution in [-0.2, 0) is 5.41 Å². The lowest BCUT2D eigenvalue weighted by Gasteiger charge is -2.35. The van der Waals surface area contributed by atoms with Gasteiger partial charge in [-0.1, -0.05) is 44.2 Å². The summed E-state index contributed by atoms with van der Waals surface area (Å²) in [6.07, 6.45) is 2.84. The van der Waals surface area contributed by atoms with Crippen molar-refractivity contribution in [3.05, 3.63) is 35.9 Å². The quantitative estimate of drug-likeness (QED) is 0.801. The molecule has 1 aromatic carbocycles. The molecule has 18 heavy (non-hydrogen) atoms. The van der Waals surface area contributed by atoms with Crippen LogP contribution >= 0.6 is 0 Å². The summed E-state index contributed by atoms with van der Waals surface area (Å²) in [5.41, 5.74) is 7.50.